The van der Waals surface area contributed by atoms with Crippen molar-refractivity contribution < 1.29 is 14.3 Å². The van der Waals surface area contributed by atoms with Crippen molar-refractivity contribution in [1.29, 1.82) is 0 Å². The van der Waals surface area contributed by atoms with Gasteiger partial charge < -0.3 is 14.8 Å². The maximum absolute atomic E-state index is 11.9. The Balaban J connectivity index is 2.87. The number of anilines is 1. The molecule has 0 heterocycles. The molecule has 0 fully saturated rings. The van der Waals surface area contributed by atoms with E-state index in [0.717, 1.165) is 0 Å². The van der Waals surface area contributed by atoms with Crippen LogP contribution in [0.2, 0.25) is 5.02 Å². The Morgan fingerprint density at radius 1 is 1.33 bits per heavy atom. The van der Waals surface area contributed by atoms with Crippen molar-refractivity contribution in [3.05, 3.63) is 28.8 Å². The van der Waals surface area contributed by atoms with Crippen molar-refractivity contribution in [1.82, 2.24) is 0 Å². The molecule has 1 aromatic rings. The van der Waals surface area contributed by atoms with Gasteiger partial charge in [-0.15, -0.1) is 0 Å². The molecule has 0 amide bonds. The monoisotopic (exact) mass is 329 g/mol. The summed E-state index contributed by atoms with van der Waals surface area (Å²) in [6.45, 7) is 9.25. The summed E-state index contributed by atoms with van der Waals surface area (Å²) in [6.07, 6.45) is -0.213. The molecule has 0 atom stereocenters. The first-order chi connectivity index (χ1) is 9.58. The average molecular weight is 330 g/mol. The van der Waals surface area contributed by atoms with E-state index >= 15 is 0 Å². The highest BCUT2D eigenvalue weighted by molar-refractivity contribution is 7.80. The summed E-state index contributed by atoms with van der Waals surface area (Å²) < 4.78 is 10.7. The van der Waals surface area contributed by atoms with E-state index < -0.39 is 11.6 Å². The van der Waals surface area contributed by atoms with Gasteiger partial charge in [0.2, 0.25) is 0 Å². The molecule has 0 aliphatic rings. The van der Waals surface area contributed by atoms with Gasteiger partial charge in [-0.1, -0.05) is 11.6 Å². The zero-order chi connectivity index (χ0) is 16.2. The lowest BCUT2D eigenvalue weighted by atomic mass is 10.2. The Morgan fingerprint density at radius 3 is 2.48 bits per heavy atom. The molecule has 0 spiro atoms. The molecule has 6 heteroatoms. The summed E-state index contributed by atoms with van der Waals surface area (Å²) >= 11 is 11.1. The van der Waals surface area contributed by atoms with E-state index in [4.69, 9.17) is 33.3 Å². The first kappa shape index (κ1) is 17.7. The number of thiocarbonyl (C=S) groups is 1. The third kappa shape index (κ3) is 6.31. The summed E-state index contributed by atoms with van der Waals surface area (Å²) in [6, 6.07) is 4.92. The highest BCUT2D eigenvalue weighted by atomic mass is 35.5. The highest BCUT2D eigenvalue weighted by Crippen LogP contribution is 2.22. The second-order valence-electron chi connectivity index (χ2n) is 5.78. The van der Waals surface area contributed by atoms with Crippen LogP contribution in [0.5, 0.6) is 0 Å². The minimum atomic E-state index is -0.471. The maximum Gasteiger partial charge on any atom is 0.339 e. The Kier molecular flexibility index (Phi) is 5.98. The van der Waals surface area contributed by atoms with E-state index in [9.17, 15) is 4.79 Å². The van der Waals surface area contributed by atoms with Crippen molar-refractivity contribution in [2.45, 2.75) is 46.3 Å². The first-order valence-electron chi connectivity index (χ1n) is 6.59. The lowest BCUT2D eigenvalue weighted by Crippen LogP contribution is -2.27. The van der Waals surface area contributed by atoms with Crippen molar-refractivity contribution >= 4 is 40.7 Å². The minimum absolute atomic E-state index is 0.213. The van der Waals surface area contributed by atoms with Crippen molar-refractivity contribution in [3.63, 3.8) is 0 Å². The number of benzene rings is 1. The summed E-state index contributed by atoms with van der Waals surface area (Å²) in [7, 11) is 0. The van der Waals surface area contributed by atoms with E-state index in [0.29, 0.717) is 10.7 Å². The van der Waals surface area contributed by atoms with E-state index in [1.165, 1.54) is 0 Å². The van der Waals surface area contributed by atoms with Crippen LogP contribution < -0.4 is 5.32 Å². The van der Waals surface area contributed by atoms with Crippen LogP contribution >= 0.6 is 23.8 Å². The molecule has 0 saturated heterocycles. The standard InChI is InChI=1S/C15H20ClNO3S/c1-9(2)19-13(18)11-8-10(6-7-12(11)16)17-14(21)20-15(3,4)5/h6-9H,1-5H3,(H,17,21). The van der Waals surface area contributed by atoms with Gasteiger partial charge in [-0.3, -0.25) is 0 Å². The smallest absolute Gasteiger partial charge is 0.339 e. The number of carbonyl (C=O) groups excluding carboxylic acids is 1. The fourth-order valence-electron chi connectivity index (χ4n) is 1.46. The Morgan fingerprint density at radius 2 is 1.95 bits per heavy atom. The van der Waals surface area contributed by atoms with E-state index in [1.807, 2.05) is 20.8 Å². The molecular weight excluding hydrogens is 310 g/mol. The highest BCUT2D eigenvalue weighted by Gasteiger charge is 2.16. The van der Waals surface area contributed by atoms with Gasteiger partial charge in [0, 0.05) is 5.69 Å². The van der Waals surface area contributed by atoms with E-state index in [-0.39, 0.29) is 16.8 Å². The number of carbonyl (C=O) groups is 1. The normalized spacial score (nSPS) is 11.2. The quantitative estimate of drug-likeness (QED) is 0.657. The molecule has 21 heavy (non-hydrogen) atoms. The van der Waals surface area contributed by atoms with Gasteiger partial charge in [0.05, 0.1) is 16.7 Å². The van der Waals surface area contributed by atoms with Gasteiger partial charge >= 0.3 is 5.97 Å². The third-order valence-electron chi connectivity index (χ3n) is 2.17. The predicted octanol–water partition coefficient (Wildman–Crippen LogP) is 4.42. The van der Waals surface area contributed by atoms with Crippen LogP contribution in [-0.2, 0) is 9.47 Å². The zero-order valence-electron chi connectivity index (χ0n) is 12.8. The molecular formula is C15H20ClNO3S. The number of halogens is 1. The topological polar surface area (TPSA) is 47.6 Å². The number of esters is 1. The van der Waals surface area contributed by atoms with Gasteiger partial charge in [-0.25, -0.2) is 4.79 Å². The van der Waals surface area contributed by atoms with E-state index in [1.54, 1.807) is 32.0 Å². The molecule has 116 valence electrons. The molecule has 0 aliphatic carbocycles. The Bertz CT molecular complexity index is 538. The maximum atomic E-state index is 11.9. The summed E-state index contributed by atoms with van der Waals surface area (Å²) in [5.41, 5.74) is 0.508. The molecule has 0 radical (unpaired) electrons. The van der Waals surface area contributed by atoms with Crippen LogP contribution in [0.3, 0.4) is 0 Å². The molecule has 0 aromatic heterocycles. The zero-order valence-corrected chi connectivity index (χ0v) is 14.4. The Labute approximate surface area is 135 Å². The SMILES string of the molecule is CC(C)OC(=O)c1cc(NC(=S)OC(C)(C)C)ccc1Cl. The molecule has 0 bridgehead atoms. The van der Waals surface area contributed by atoms with Gasteiger partial charge in [-0.05, 0) is 65.0 Å². The van der Waals surface area contributed by atoms with Crippen LogP contribution in [-0.4, -0.2) is 22.8 Å². The lowest BCUT2D eigenvalue weighted by molar-refractivity contribution is 0.0378. The largest absolute Gasteiger partial charge is 0.465 e. The molecule has 0 saturated carbocycles. The van der Waals surface area contributed by atoms with Gasteiger partial charge in [-0.2, -0.15) is 0 Å². The molecule has 1 N–H and O–H groups in total. The van der Waals surface area contributed by atoms with E-state index in [2.05, 4.69) is 5.32 Å². The van der Waals surface area contributed by atoms with Crippen LogP contribution in [0.25, 0.3) is 0 Å². The number of nitrogens with one attached hydrogen (secondary N) is 1. The number of hydrogen-bond acceptors (Lipinski definition) is 4. The number of hydrogen-bond donors (Lipinski definition) is 1. The second-order valence-corrected chi connectivity index (χ2v) is 6.55. The predicted molar refractivity (Wildman–Crippen MR) is 89.1 cm³/mol. The minimum Gasteiger partial charge on any atom is -0.465 e. The lowest BCUT2D eigenvalue weighted by Gasteiger charge is -2.22. The van der Waals surface area contributed by atoms with Gasteiger partial charge in [0.25, 0.3) is 5.17 Å². The van der Waals surface area contributed by atoms with Crippen LogP contribution in [0.1, 0.15) is 45.0 Å². The van der Waals surface area contributed by atoms with Crippen LogP contribution in [0, 0.1) is 0 Å². The van der Waals surface area contributed by atoms with Gasteiger partial charge in [0.1, 0.15) is 5.60 Å². The third-order valence-corrected chi connectivity index (χ3v) is 2.69. The molecule has 1 rings (SSSR count). The van der Waals surface area contributed by atoms with Gasteiger partial charge in [0.15, 0.2) is 0 Å². The van der Waals surface area contributed by atoms with Crippen molar-refractivity contribution in [3.8, 4) is 0 Å². The average Bonchev–Trinajstić information content (AvgIpc) is 2.28. The second kappa shape index (κ2) is 7.09. The van der Waals surface area contributed by atoms with Crippen molar-refractivity contribution in [2.75, 3.05) is 5.32 Å². The van der Waals surface area contributed by atoms with Crippen molar-refractivity contribution in [2.24, 2.45) is 0 Å². The summed E-state index contributed by atoms with van der Waals surface area (Å²) in [5, 5.41) is 3.47. The van der Waals surface area contributed by atoms with Crippen LogP contribution in [0.15, 0.2) is 18.2 Å². The fourth-order valence-corrected chi connectivity index (χ4v) is 2.02. The molecule has 4 nitrogen and oxygen atoms in total. The number of ether oxygens (including phenoxy) is 2. The van der Waals surface area contributed by atoms with Crippen LogP contribution in [0.4, 0.5) is 5.69 Å². The molecule has 0 unspecified atom stereocenters. The summed E-state index contributed by atoms with van der Waals surface area (Å²) in [4.78, 5) is 11.9. The fraction of sp³-hybridized carbons (Fsp3) is 0.467. The first-order valence-corrected chi connectivity index (χ1v) is 7.37. The molecule has 1 aromatic carbocycles. The summed E-state index contributed by atoms with van der Waals surface area (Å²) in [5.74, 6) is -0.471. The number of rotatable bonds is 3. The molecule has 0 aliphatic heterocycles. The Hall–Kier alpha value is -1.33.